The summed E-state index contributed by atoms with van der Waals surface area (Å²) in [6, 6.07) is 10.5. The standard InChI is InChI=1S/C22H27F2N3O3/c1-16(22(28)25-21-19(23)4-3-5-20(21)24)27-12-10-26(11-13-27)14-15-30-18-8-6-17(29-2)7-9-18/h3-9,16H,10-15H2,1-2H3,(H,25,28)/t16-/m1/s1. The Morgan fingerprint density at radius 1 is 1.03 bits per heavy atom. The number of halogens is 2. The van der Waals surface area contributed by atoms with Gasteiger partial charge >= 0.3 is 0 Å². The molecule has 6 nitrogen and oxygen atoms in total. The molecule has 1 aliphatic heterocycles. The van der Waals surface area contributed by atoms with Crippen molar-refractivity contribution in [3.8, 4) is 11.5 Å². The van der Waals surface area contributed by atoms with Crippen molar-refractivity contribution in [1.29, 1.82) is 0 Å². The molecule has 1 amide bonds. The monoisotopic (exact) mass is 419 g/mol. The average molecular weight is 419 g/mol. The predicted molar refractivity (Wildman–Crippen MR) is 111 cm³/mol. The van der Waals surface area contributed by atoms with E-state index in [-0.39, 0.29) is 0 Å². The Kier molecular flexibility index (Phi) is 7.59. The number of methoxy groups -OCH3 is 1. The summed E-state index contributed by atoms with van der Waals surface area (Å²) in [5, 5.41) is 2.37. The number of para-hydroxylation sites is 1. The third-order valence-corrected chi connectivity index (χ3v) is 5.28. The van der Waals surface area contributed by atoms with Gasteiger partial charge in [-0.05, 0) is 43.3 Å². The molecule has 8 heteroatoms. The van der Waals surface area contributed by atoms with E-state index in [1.165, 1.54) is 6.07 Å². The molecule has 0 bridgehead atoms. The van der Waals surface area contributed by atoms with Gasteiger partial charge in [-0.2, -0.15) is 0 Å². The second-order valence-electron chi connectivity index (χ2n) is 7.16. The van der Waals surface area contributed by atoms with Crippen LogP contribution in [-0.2, 0) is 4.79 Å². The SMILES string of the molecule is COc1ccc(OCCN2CCN([C@H](C)C(=O)Nc3c(F)cccc3F)CC2)cc1. The molecule has 0 saturated carbocycles. The minimum absolute atomic E-state index is 0.399. The van der Waals surface area contributed by atoms with Gasteiger partial charge in [0, 0.05) is 32.7 Å². The second kappa shape index (κ2) is 10.4. The molecule has 0 radical (unpaired) electrons. The van der Waals surface area contributed by atoms with Crippen LogP contribution in [0, 0.1) is 11.6 Å². The molecule has 0 spiro atoms. The van der Waals surface area contributed by atoms with Crippen LogP contribution in [0.1, 0.15) is 6.92 Å². The number of anilines is 1. The largest absolute Gasteiger partial charge is 0.497 e. The molecule has 162 valence electrons. The lowest BCUT2D eigenvalue weighted by molar-refractivity contribution is -0.121. The van der Waals surface area contributed by atoms with Crippen molar-refractivity contribution >= 4 is 11.6 Å². The van der Waals surface area contributed by atoms with Gasteiger partial charge in [0.05, 0.1) is 13.2 Å². The number of nitrogens with zero attached hydrogens (tertiary/aromatic N) is 2. The van der Waals surface area contributed by atoms with Gasteiger partial charge in [-0.1, -0.05) is 6.07 Å². The van der Waals surface area contributed by atoms with Gasteiger partial charge in [0.15, 0.2) is 0 Å². The third kappa shape index (κ3) is 5.67. The topological polar surface area (TPSA) is 54.0 Å². The quantitative estimate of drug-likeness (QED) is 0.713. The van der Waals surface area contributed by atoms with Gasteiger partial charge in [-0.15, -0.1) is 0 Å². The lowest BCUT2D eigenvalue weighted by atomic mass is 10.2. The summed E-state index contributed by atoms with van der Waals surface area (Å²) in [7, 11) is 1.62. The number of hydrogen-bond donors (Lipinski definition) is 1. The highest BCUT2D eigenvalue weighted by atomic mass is 19.1. The summed E-state index contributed by atoms with van der Waals surface area (Å²) < 4.78 is 38.4. The van der Waals surface area contributed by atoms with Gasteiger partial charge in [0.2, 0.25) is 5.91 Å². The summed E-state index contributed by atoms with van der Waals surface area (Å²) in [4.78, 5) is 16.7. The zero-order chi connectivity index (χ0) is 21.5. The lowest BCUT2D eigenvalue weighted by Gasteiger charge is -2.37. The first-order valence-electron chi connectivity index (χ1n) is 9.96. The van der Waals surface area contributed by atoms with Gasteiger partial charge in [-0.3, -0.25) is 14.6 Å². The molecule has 1 N–H and O–H groups in total. The zero-order valence-electron chi connectivity index (χ0n) is 17.2. The normalized spacial score (nSPS) is 16.1. The van der Waals surface area contributed by atoms with Crippen molar-refractivity contribution in [2.75, 3.05) is 51.8 Å². The maximum atomic E-state index is 13.8. The maximum absolute atomic E-state index is 13.8. The molecule has 0 aromatic heterocycles. The Labute approximate surface area is 175 Å². The molecule has 3 rings (SSSR count). The van der Waals surface area contributed by atoms with Crippen LogP contribution >= 0.6 is 0 Å². The summed E-state index contributed by atoms with van der Waals surface area (Å²) in [5.74, 6) is -0.403. The van der Waals surface area contributed by atoms with Crippen molar-refractivity contribution in [2.45, 2.75) is 13.0 Å². The highest BCUT2D eigenvalue weighted by molar-refractivity contribution is 5.94. The van der Waals surface area contributed by atoms with Crippen LogP contribution in [0.3, 0.4) is 0 Å². The van der Waals surface area contributed by atoms with E-state index in [0.717, 1.165) is 43.3 Å². The Hall–Kier alpha value is -2.71. The molecule has 1 fully saturated rings. The van der Waals surface area contributed by atoms with E-state index in [0.29, 0.717) is 19.7 Å². The van der Waals surface area contributed by atoms with Crippen molar-refractivity contribution in [3.05, 3.63) is 54.1 Å². The smallest absolute Gasteiger partial charge is 0.241 e. The van der Waals surface area contributed by atoms with Crippen LogP contribution in [0.15, 0.2) is 42.5 Å². The first kappa shape index (κ1) is 22.0. The summed E-state index contributed by atoms with van der Waals surface area (Å²) in [6.45, 7) is 6.05. The number of carbonyl (C=O) groups is 1. The van der Waals surface area contributed by atoms with E-state index in [1.807, 2.05) is 29.2 Å². The number of nitrogens with one attached hydrogen (secondary N) is 1. The van der Waals surface area contributed by atoms with E-state index >= 15 is 0 Å². The Morgan fingerprint density at radius 3 is 2.23 bits per heavy atom. The lowest BCUT2D eigenvalue weighted by Crippen LogP contribution is -2.53. The Balaban J connectivity index is 1.41. The number of rotatable bonds is 8. The first-order valence-corrected chi connectivity index (χ1v) is 9.96. The van der Waals surface area contributed by atoms with Crippen molar-refractivity contribution in [2.24, 2.45) is 0 Å². The second-order valence-corrected chi connectivity index (χ2v) is 7.16. The van der Waals surface area contributed by atoms with Gasteiger partial charge < -0.3 is 14.8 Å². The Morgan fingerprint density at radius 2 is 1.63 bits per heavy atom. The molecular formula is C22H27F2N3O3. The number of ether oxygens (including phenoxy) is 2. The summed E-state index contributed by atoms with van der Waals surface area (Å²) in [5.41, 5.74) is -0.399. The van der Waals surface area contributed by atoms with E-state index in [2.05, 4.69) is 10.2 Å². The van der Waals surface area contributed by atoms with Crippen LogP contribution in [-0.4, -0.2) is 68.2 Å². The fourth-order valence-corrected chi connectivity index (χ4v) is 3.35. The van der Waals surface area contributed by atoms with Crippen LogP contribution < -0.4 is 14.8 Å². The van der Waals surface area contributed by atoms with Crippen LogP contribution in [0.4, 0.5) is 14.5 Å². The molecule has 0 aliphatic carbocycles. The number of benzene rings is 2. The molecule has 0 unspecified atom stereocenters. The molecule has 2 aromatic rings. The molecule has 1 heterocycles. The average Bonchev–Trinajstić information content (AvgIpc) is 2.76. The number of hydrogen-bond acceptors (Lipinski definition) is 5. The summed E-state index contributed by atoms with van der Waals surface area (Å²) in [6.07, 6.45) is 0. The fraction of sp³-hybridized carbons (Fsp3) is 0.409. The minimum Gasteiger partial charge on any atom is -0.497 e. The van der Waals surface area contributed by atoms with Crippen LogP contribution in [0.2, 0.25) is 0 Å². The predicted octanol–water partition coefficient (Wildman–Crippen LogP) is 3.00. The van der Waals surface area contributed by atoms with E-state index in [4.69, 9.17) is 9.47 Å². The van der Waals surface area contributed by atoms with Crippen molar-refractivity contribution in [3.63, 3.8) is 0 Å². The van der Waals surface area contributed by atoms with Crippen molar-refractivity contribution < 1.29 is 23.0 Å². The zero-order valence-corrected chi connectivity index (χ0v) is 17.2. The van der Waals surface area contributed by atoms with Gasteiger partial charge in [-0.25, -0.2) is 8.78 Å². The van der Waals surface area contributed by atoms with E-state index in [9.17, 15) is 13.6 Å². The molecule has 1 atom stereocenters. The third-order valence-electron chi connectivity index (χ3n) is 5.28. The fourth-order valence-electron chi connectivity index (χ4n) is 3.35. The number of piperazine rings is 1. The summed E-state index contributed by atoms with van der Waals surface area (Å²) >= 11 is 0. The first-order chi connectivity index (χ1) is 14.5. The maximum Gasteiger partial charge on any atom is 0.241 e. The molecule has 2 aromatic carbocycles. The molecular weight excluding hydrogens is 392 g/mol. The number of amides is 1. The van der Waals surface area contributed by atoms with Gasteiger partial charge in [0.1, 0.15) is 35.4 Å². The number of carbonyl (C=O) groups excluding carboxylic acids is 1. The van der Waals surface area contributed by atoms with Crippen LogP contribution in [0.5, 0.6) is 11.5 Å². The van der Waals surface area contributed by atoms with Crippen LogP contribution in [0.25, 0.3) is 0 Å². The minimum atomic E-state index is -0.780. The van der Waals surface area contributed by atoms with Crippen molar-refractivity contribution in [1.82, 2.24) is 9.80 Å². The molecule has 1 aliphatic rings. The van der Waals surface area contributed by atoms with E-state index in [1.54, 1.807) is 14.0 Å². The Bertz CT molecular complexity index is 820. The highest BCUT2D eigenvalue weighted by Crippen LogP contribution is 2.19. The van der Waals surface area contributed by atoms with Gasteiger partial charge in [0.25, 0.3) is 0 Å². The highest BCUT2D eigenvalue weighted by Gasteiger charge is 2.26. The molecule has 30 heavy (non-hydrogen) atoms. The van der Waals surface area contributed by atoms with E-state index < -0.39 is 29.3 Å². The molecule has 1 saturated heterocycles.